The monoisotopic (exact) mass is 240 g/mol. The summed E-state index contributed by atoms with van der Waals surface area (Å²) in [5.74, 6) is 0. The topological polar surface area (TPSA) is 15.3 Å². The van der Waals surface area contributed by atoms with Crippen molar-refractivity contribution in [2.75, 3.05) is 19.6 Å². The first kappa shape index (κ1) is 16.7. The van der Waals surface area contributed by atoms with E-state index in [9.17, 15) is 0 Å². The van der Waals surface area contributed by atoms with Crippen molar-refractivity contribution in [1.82, 2.24) is 10.2 Å². The van der Waals surface area contributed by atoms with E-state index >= 15 is 0 Å². The minimum atomic E-state index is 0.198. The van der Waals surface area contributed by atoms with Crippen LogP contribution in [0.4, 0.5) is 0 Å². The van der Waals surface area contributed by atoms with Gasteiger partial charge < -0.3 is 5.32 Å². The Morgan fingerprint density at radius 2 is 1.71 bits per heavy atom. The summed E-state index contributed by atoms with van der Waals surface area (Å²) >= 11 is 0. The molecule has 0 spiro atoms. The minimum Gasteiger partial charge on any atom is -0.314 e. The molecular formula is C15H32N2. The van der Waals surface area contributed by atoms with E-state index in [0.29, 0.717) is 6.04 Å². The molecule has 0 aliphatic rings. The summed E-state index contributed by atoms with van der Waals surface area (Å²) in [6.07, 6.45) is 2.00. The molecule has 2 nitrogen and oxygen atoms in total. The normalized spacial score (nSPS) is 13.5. The maximum absolute atomic E-state index is 3.86. The minimum absolute atomic E-state index is 0.198. The molecule has 17 heavy (non-hydrogen) atoms. The summed E-state index contributed by atoms with van der Waals surface area (Å²) < 4.78 is 0. The lowest BCUT2D eigenvalue weighted by Gasteiger charge is -2.41. The summed E-state index contributed by atoms with van der Waals surface area (Å²) in [5, 5.41) is 3.53. The standard InChI is InChI=1S/C15H32N2/c1-9-10-17(14(4,5)6)12-15(7,8)11-16-13(2)3/h9,13,16H,1,10-12H2,2-8H3. The summed E-state index contributed by atoms with van der Waals surface area (Å²) in [4.78, 5) is 2.49. The van der Waals surface area contributed by atoms with E-state index in [2.05, 4.69) is 65.3 Å². The summed E-state index contributed by atoms with van der Waals surface area (Å²) in [5.41, 5.74) is 0.476. The zero-order valence-corrected chi connectivity index (χ0v) is 12.9. The number of hydrogen-bond donors (Lipinski definition) is 1. The van der Waals surface area contributed by atoms with Crippen molar-refractivity contribution >= 4 is 0 Å². The lowest BCUT2D eigenvalue weighted by molar-refractivity contribution is 0.0960. The van der Waals surface area contributed by atoms with E-state index in [0.717, 1.165) is 19.6 Å². The van der Waals surface area contributed by atoms with Crippen molar-refractivity contribution in [3.8, 4) is 0 Å². The fourth-order valence-corrected chi connectivity index (χ4v) is 1.78. The third kappa shape index (κ3) is 7.56. The van der Waals surface area contributed by atoms with E-state index in [4.69, 9.17) is 0 Å². The molecule has 0 fully saturated rings. The molecule has 0 rings (SSSR count). The molecule has 0 radical (unpaired) electrons. The Hall–Kier alpha value is -0.340. The molecule has 0 aromatic rings. The number of nitrogens with zero attached hydrogens (tertiary/aromatic N) is 1. The molecule has 0 unspecified atom stereocenters. The van der Waals surface area contributed by atoms with E-state index in [1.807, 2.05) is 6.08 Å². The third-order valence-electron chi connectivity index (χ3n) is 2.91. The zero-order valence-electron chi connectivity index (χ0n) is 12.9. The Labute approximate surface area is 108 Å². The predicted molar refractivity (Wildman–Crippen MR) is 78.4 cm³/mol. The smallest absolute Gasteiger partial charge is 0.0166 e. The van der Waals surface area contributed by atoms with Crippen LogP contribution in [0.2, 0.25) is 0 Å². The van der Waals surface area contributed by atoms with Crippen LogP contribution in [-0.4, -0.2) is 36.1 Å². The van der Waals surface area contributed by atoms with Crippen molar-refractivity contribution in [3.63, 3.8) is 0 Å². The second-order valence-corrected chi connectivity index (χ2v) is 7.04. The van der Waals surface area contributed by atoms with Gasteiger partial charge in [0.2, 0.25) is 0 Å². The van der Waals surface area contributed by atoms with E-state index in [1.165, 1.54) is 0 Å². The van der Waals surface area contributed by atoms with Gasteiger partial charge in [0.1, 0.15) is 0 Å². The van der Waals surface area contributed by atoms with Crippen LogP contribution in [0.1, 0.15) is 48.5 Å². The second kappa shape index (κ2) is 6.55. The van der Waals surface area contributed by atoms with E-state index in [-0.39, 0.29) is 11.0 Å². The Morgan fingerprint density at radius 1 is 1.18 bits per heavy atom. The van der Waals surface area contributed by atoms with Crippen molar-refractivity contribution in [3.05, 3.63) is 12.7 Å². The van der Waals surface area contributed by atoms with Gasteiger partial charge in [0, 0.05) is 31.2 Å². The lowest BCUT2D eigenvalue weighted by Crippen LogP contribution is -2.49. The molecule has 0 heterocycles. The number of rotatable bonds is 7. The van der Waals surface area contributed by atoms with Gasteiger partial charge in [0.25, 0.3) is 0 Å². The zero-order chi connectivity index (χ0) is 13.7. The number of hydrogen-bond acceptors (Lipinski definition) is 2. The fourth-order valence-electron chi connectivity index (χ4n) is 1.78. The van der Waals surface area contributed by atoms with Gasteiger partial charge in [-0.05, 0) is 26.2 Å². The van der Waals surface area contributed by atoms with Gasteiger partial charge >= 0.3 is 0 Å². The van der Waals surface area contributed by atoms with Gasteiger partial charge in [-0.15, -0.1) is 6.58 Å². The van der Waals surface area contributed by atoms with Crippen molar-refractivity contribution in [2.45, 2.75) is 60.0 Å². The molecule has 0 saturated heterocycles. The first-order valence-electron chi connectivity index (χ1n) is 6.68. The fraction of sp³-hybridized carbons (Fsp3) is 0.867. The summed E-state index contributed by atoms with van der Waals surface area (Å²) in [6, 6.07) is 0.553. The van der Waals surface area contributed by atoms with Crippen LogP contribution in [0.15, 0.2) is 12.7 Å². The lowest BCUT2D eigenvalue weighted by atomic mass is 9.90. The number of nitrogens with one attached hydrogen (secondary N) is 1. The van der Waals surface area contributed by atoms with Crippen molar-refractivity contribution in [1.29, 1.82) is 0 Å². The SMILES string of the molecule is C=CCN(CC(C)(C)CNC(C)C)C(C)(C)C. The highest BCUT2D eigenvalue weighted by molar-refractivity contribution is 4.87. The Balaban J connectivity index is 4.46. The molecule has 0 aromatic carbocycles. The predicted octanol–water partition coefficient (Wildman–Crippen LogP) is 3.30. The molecule has 0 atom stereocenters. The molecule has 0 aliphatic carbocycles. The molecule has 0 bridgehead atoms. The maximum atomic E-state index is 3.86. The molecule has 0 aromatic heterocycles. The average Bonchev–Trinajstić information content (AvgIpc) is 2.13. The quantitative estimate of drug-likeness (QED) is 0.687. The van der Waals surface area contributed by atoms with Crippen LogP contribution in [-0.2, 0) is 0 Å². The van der Waals surface area contributed by atoms with Crippen LogP contribution in [0, 0.1) is 5.41 Å². The molecular weight excluding hydrogens is 208 g/mol. The van der Waals surface area contributed by atoms with E-state index < -0.39 is 0 Å². The largest absolute Gasteiger partial charge is 0.314 e. The first-order chi connectivity index (χ1) is 7.58. The Morgan fingerprint density at radius 3 is 2.06 bits per heavy atom. The second-order valence-electron chi connectivity index (χ2n) is 7.04. The Bertz CT molecular complexity index is 224. The molecule has 2 heteroatoms. The highest BCUT2D eigenvalue weighted by Crippen LogP contribution is 2.22. The maximum Gasteiger partial charge on any atom is 0.0166 e. The highest BCUT2D eigenvalue weighted by atomic mass is 15.2. The van der Waals surface area contributed by atoms with Gasteiger partial charge in [-0.25, -0.2) is 0 Å². The molecule has 102 valence electrons. The molecule has 1 N–H and O–H groups in total. The third-order valence-corrected chi connectivity index (χ3v) is 2.91. The van der Waals surface area contributed by atoms with Gasteiger partial charge in [-0.2, -0.15) is 0 Å². The molecule has 0 amide bonds. The van der Waals surface area contributed by atoms with Crippen molar-refractivity contribution in [2.24, 2.45) is 5.41 Å². The van der Waals surface area contributed by atoms with Crippen LogP contribution in [0.3, 0.4) is 0 Å². The van der Waals surface area contributed by atoms with Gasteiger partial charge in [0.15, 0.2) is 0 Å². The van der Waals surface area contributed by atoms with Gasteiger partial charge in [-0.1, -0.05) is 33.8 Å². The highest BCUT2D eigenvalue weighted by Gasteiger charge is 2.27. The van der Waals surface area contributed by atoms with Crippen molar-refractivity contribution < 1.29 is 0 Å². The summed E-state index contributed by atoms with van der Waals surface area (Å²) in [7, 11) is 0. The molecule has 0 saturated carbocycles. The average molecular weight is 240 g/mol. The van der Waals surface area contributed by atoms with Crippen LogP contribution in [0.25, 0.3) is 0 Å². The van der Waals surface area contributed by atoms with Gasteiger partial charge in [-0.3, -0.25) is 4.90 Å². The first-order valence-corrected chi connectivity index (χ1v) is 6.68. The van der Waals surface area contributed by atoms with Crippen LogP contribution < -0.4 is 5.32 Å². The van der Waals surface area contributed by atoms with Crippen LogP contribution >= 0.6 is 0 Å². The molecule has 0 aliphatic heterocycles. The van der Waals surface area contributed by atoms with E-state index in [1.54, 1.807) is 0 Å². The van der Waals surface area contributed by atoms with Gasteiger partial charge in [0.05, 0.1) is 0 Å². The Kier molecular flexibility index (Phi) is 6.42. The summed E-state index contributed by atoms with van der Waals surface area (Å²) in [6.45, 7) is 22.8. The van der Waals surface area contributed by atoms with Crippen LogP contribution in [0.5, 0.6) is 0 Å².